The van der Waals surface area contributed by atoms with Gasteiger partial charge in [-0.3, -0.25) is 28.8 Å². The van der Waals surface area contributed by atoms with Gasteiger partial charge in [-0.25, -0.2) is 4.68 Å². The monoisotopic (exact) mass is 787 g/mol. The minimum absolute atomic E-state index is 0.00289. The van der Waals surface area contributed by atoms with Gasteiger partial charge in [-0.05, 0) is 56.6 Å². The molecule has 0 bridgehead atoms. The maximum atomic E-state index is 13.8. The average Bonchev–Trinajstić information content (AvgIpc) is 3.61. The summed E-state index contributed by atoms with van der Waals surface area (Å²) in [5.41, 5.74) is 5.08. The van der Waals surface area contributed by atoms with Crippen LogP contribution in [0.4, 0.5) is 10.5 Å². The van der Waals surface area contributed by atoms with E-state index in [-0.39, 0.29) is 42.1 Å². The van der Waals surface area contributed by atoms with Gasteiger partial charge in [0.15, 0.2) is 5.78 Å². The van der Waals surface area contributed by atoms with Crippen LogP contribution < -0.4 is 10.2 Å². The smallest absolute Gasteiger partial charge is 0.306 e. The Bertz CT molecular complexity index is 1810. The Morgan fingerprint density at radius 2 is 1.41 bits per heavy atom. The number of hydrogen-bond acceptors (Lipinski definition) is 9. The van der Waals surface area contributed by atoms with E-state index in [2.05, 4.69) is 28.3 Å². The Morgan fingerprint density at radius 1 is 0.750 bits per heavy atom. The number of esters is 1. The highest BCUT2D eigenvalue weighted by Crippen LogP contribution is 2.41. The Morgan fingerprint density at radius 3 is 2.18 bits per heavy atom. The number of benzene rings is 2. The van der Waals surface area contributed by atoms with Crippen LogP contribution in [0.25, 0.3) is 22.5 Å². The number of carbonyl (C=O) groups is 6. The van der Waals surface area contributed by atoms with Crippen molar-refractivity contribution in [2.24, 2.45) is 0 Å². The number of amides is 2. The zero-order valence-electron chi connectivity index (χ0n) is 32.9. The summed E-state index contributed by atoms with van der Waals surface area (Å²) in [5, 5.41) is 11.4. The number of anilines is 1. The number of rotatable bonds is 25. The van der Waals surface area contributed by atoms with Crippen LogP contribution in [0, 0.1) is 0 Å². The van der Waals surface area contributed by atoms with Gasteiger partial charge in [0.05, 0.1) is 37.0 Å². The zero-order chi connectivity index (χ0) is 40.3. The van der Waals surface area contributed by atoms with E-state index in [1.54, 1.807) is 6.92 Å². The van der Waals surface area contributed by atoms with Crippen molar-refractivity contribution < 1.29 is 33.5 Å². The highest BCUT2D eigenvalue weighted by Gasteiger charge is 2.29. The predicted molar refractivity (Wildman–Crippen MR) is 219 cm³/mol. The summed E-state index contributed by atoms with van der Waals surface area (Å²) < 4.78 is 7.07. The van der Waals surface area contributed by atoms with Gasteiger partial charge in [0.1, 0.15) is 17.3 Å². The molecule has 56 heavy (non-hydrogen) atoms. The lowest BCUT2D eigenvalue weighted by Crippen LogP contribution is -2.38. The molecule has 2 heterocycles. The van der Waals surface area contributed by atoms with Crippen LogP contribution in [0.3, 0.4) is 0 Å². The number of aryl methyl sites for hydroxylation is 1. The SMILES string of the molecule is CCC(=O)CCCCC(=O)N1Cc2ccccc2-c2nnn(CCCCC(NC(=O)S)C(=O)CCCCCCCOC(=O)CCC(=O)CC)c2-c2ccccc21. The molecule has 0 fully saturated rings. The van der Waals surface area contributed by atoms with E-state index in [1.807, 2.05) is 65.0 Å². The summed E-state index contributed by atoms with van der Waals surface area (Å²) in [4.78, 5) is 75.7. The number of para-hydroxylation sites is 1. The fraction of sp³-hybridized carbons (Fsp3) is 0.535. The third-order valence-corrected chi connectivity index (χ3v) is 10.3. The maximum absolute atomic E-state index is 13.8. The molecule has 0 aliphatic carbocycles. The molecule has 2 aromatic carbocycles. The van der Waals surface area contributed by atoms with Gasteiger partial charge in [-0.2, -0.15) is 0 Å². The molecule has 12 nitrogen and oxygen atoms in total. The number of nitrogens with one attached hydrogen (secondary N) is 1. The van der Waals surface area contributed by atoms with Gasteiger partial charge in [0.2, 0.25) is 5.91 Å². The number of carbonyl (C=O) groups excluding carboxylic acids is 6. The number of hydrogen-bond donors (Lipinski definition) is 2. The Labute approximate surface area is 335 Å². The standard InChI is InChI=1S/C43H57N5O7S/c1-3-32(49)19-10-14-25-39(52)47-30-31-18-9-11-20-34(31)41-42(35-21-12-13-23-37(35)47)48(46-45-41)28-16-15-22-36(44-43(54)56)38(51)24-8-6-5-7-17-29-55-40(53)27-26-33(50)4-2/h9,11-13,18,20-21,23,36H,3-8,10,14-17,19,22,24-30H2,1-2H3,(H2,44,54,56). The lowest BCUT2D eigenvalue weighted by Gasteiger charge is -2.29. The van der Waals surface area contributed by atoms with Crippen molar-refractivity contribution in [2.45, 2.75) is 142 Å². The fourth-order valence-corrected chi connectivity index (χ4v) is 7.12. The Balaban J connectivity index is 1.33. The minimum Gasteiger partial charge on any atom is -0.466 e. The van der Waals surface area contributed by atoms with E-state index in [1.165, 1.54) is 0 Å². The number of Topliss-reactive ketones (excluding diaryl/α,β-unsaturated/α-hetero) is 3. The summed E-state index contributed by atoms with van der Waals surface area (Å²) in [6.45, 7) is 4.86. The van der Waals surface area contributed by atoms with Crippen LogP contribution in [-0.2, 0) is 41.8 Å². The molecule has 1 aromatic heterocycles. The molecule has 0 saturated carbocycles. The first-order chi connectivity index (χ1) is 27.1. The highest BCUT2D eigenvalue weighted by atomic mass is 32.1. The van der Waals surface area contributed by atoms with Crippen LogP contribution >= 0.6 is 12.6 Å². The fourth-order valence-electron chi connectivity index (χ4n) is 6.96. The van der Waals surface area contributed by atoms with Gasteiger partial charge < -0.3 is 15.0 Å². The van der Waals surface area contributed by atoms with Crippen molar-refractivity contribution in [2.75, 3.05) is 11.5 Å². The summed E-state index contributed by atoms with van der Waals surface area (Å²) in [6.07, 6.45) is 9.58. The van der Waals surface area contributed by atoms with E-state index in [0.717, 1.165) is 59.4 Å². The van der Waals surface area contributed by atoms with E-state index in [0.29, 0.717) is 90.3 Å². The maximum Gasteiger partial charge on any atom is 0.306 e. The average molecular weight is 788 g/mol. The first-order valence-electron chi connectivity index (χ1n) is 20.3. The quantitative estimate of drug-likeness (QED) is 0.0489. The van der Waals surface area contributed by atoms with Crippen molar-refractivity contribution in [3.05, 3.63) is 54.1 Å². The molecular weight excluding hydrogens is 731 g/mol. The van der Waals surface area contributed by atoms with Crippen molar-refractivity contribution in [1.82, 2.24) is 20.3 Å². The highest BCUT2D eigenvalue weighted by molar-refractivity contribution is 7.96. The predicted octanol–water partition coefficient (Wildman–Crippen LogP) is 8.39. The largest absolute Gasteiger partial charge is 0.466 e. The second kappa shape index (κ2) is 23.4. The molecule has 302 valence electrons. The van der Waals surface area contributed by atoms with Crippen LogP contribution in [0.5, 0.6) is 0 Å². The first kappa shape index (κ1) is 44.1. The van der Waals surface area contributed by atoms with E-state index in [9.17, 15) is 28.8 Å². The van der Waals surface area contributed by atoms with Crippen molar-refractivity contribution >= 4 is 52.8 Å². The molecule has 1 aliphatic heterocycles. The Kier molecular flexibility index (Phi) is 18.4. The molecule has 4 rings (SSSR count). The van der Waals surface area contributed by atoms with Crippen LogP contribution in [-0.4, -0.2) is 62.1 Å². The second-order valence-corrected chi connectivity index (χ2v) is 14.8. The Hall–Kier alpha value is -4.65. The molecule has 1 unspecified atom stereocenters. The van der Waals surface area contributed by atoms with Gasteiger partial charge in [-0.15, -0.1) is 5.10 Å². The first-order valence-corrected chi connectivity index (χ1v) is 20.7. The lowest BCUT2D eigenvalue weighted by molar-refractivity contribution is -0.145. The molecule has 0 spiro atoms. The molecule has 1 N–H and O–H groups in total. The number of nitrogens with zero attached hydrogens (tertiary/aromatic N) is 4. The molecule has 0 radical (unpaired) electrons. The van der Waals surface area contributed by atoms with Gasteiger partial charge in [0.25, 0.3) is 5.24 Å². The number of thiol groups is 1. The third kappa shape index (κ3) is 13.5. The van der Waals surface area contributed by atoms with Crippen molar-refractivity contribution in [3.63, 3.8) is 0 Å². The van der Waals surface area contributed by atoms with Crippen LogP contribution in [0.2, 0.25) is 0 Å². The van der Waals surface area contributed by atoms with Crippen LogP contribution in [0.15, 0.2) is 48.5 Å². The summed E-state index contributed by atoms with van der Waals surface area (Å²) >= 11 is 3.89. The minimum atomic E-state index is -0.636. The normalized spacial score (nSPS) is 12.4. The zero-order valence-corrected chi connectivity index (χ0v) is 33.8. The second-order valence-electron chi connectivity index (χ2n) is 14.4. The van der Waals surface area contributed by atoms with E-state index >= 15 is 0 Å². The summed E-state index contributed by atoms with van der Waals surface area (Å²) in [5.74, 6) is -0.113. The molecule has 1 aliphatic rings. The third-order valence-electron chi connectivity index (χ3n) is 10.2. The molecule has 3 aromatic rings. The van der Waals surface area contributed by atoms with Crippen molar-refractivity contribution in [1.29, 1.82) is 0 Å². The van der Waals surface area contributed by atoms with E-state index < -0.39 is 11.3 Å². The number of fused-ring (bicyclic) bond motifs is 5. The number of aromatic nitrogens is 3. The topological polar surface area (TPSA) is 158 Å². The van der Waals surface area contributed by atoms with Gasteiger partial charge in [0, 0.05) is 56.2 Å². The van der Waals surface area contributed by atoms with Gasteiger partial charge >= 0.3 is 5.97 Å². The molecule has 0 saturated heterocycles. The lowest BCUT2D eigenvalue weighted by atomic mass is 9.95. The summed E-state index contributed by atoms with van der Waals surface area (Å²) in [6, 6.07) is 15.1. The molecule has 13 heteroatoms. The van der Waals surface area contributed by atoms with E-state index in [4.69, 9.17) is 4.74 Å². The number of ketones is 3. The number of ether oxygens (including phenoxy) is 1. The number of unbranched alkanes of at least 4 members (excludes halogenated alkanes) is 6. The molecule has 2 amide bonds. The van der Waals surface area contributed by atoms with Crippen LogP contribution in [0.1, 0.15) is 129 Å². The van der Waals surface area contributed by atoms with Crippen molar-refractivity contribution in [3.8, 4) is 22.5 Å². The van der Waals surface area contributed by atoms with Gasteiger partial charge in [-0.1, -0.05) is 93.4 Å². The molecular formula is C43H57N5O7S. The molecule has 1 atom stereocenters. The summed E-state index contributed by atoms with van der Waals surface area (Å²) in [7, 11) is 0.